The Morgan fingerprint density at radius 3 is 2.58 bits per heavy atom. The lowest BCUT2D eigenvalue weighted by Crippen LogP contribution is -2.47. The predicted octanol–water partition coefficient (Wildman–Crippen LogP) is 6.28. The highest BCUT2D eigenvalue weighted by molar-refractivity contribution is 6.32. The maximum Gasteiger partial charge on any atom is 0.410 e. The van der Waals surface area contributed by atoms with E-state index in [1.54, 1.807) is 11.1 Å². The van der Waals surface area contributed by atoms with Crippen LogP contribution in [0.25, 0.3) is 22.4 Å². The lowest BCUT2D eigenvalue weighted by Gasteiger charge is -2.34. The Morgan fingerprint density at radius 2 is 1.82 bits per heavy atom. The summed E-state index contributed by atoms with van der Waals surface area (Å²) >= 11 is 6.48. The second kappa shape index (κ2) is 9.79. The number of halogens is 1. The topological polar surface area (TPSA) is 67.3 Å². The summed E-state index contributed by atoms with van der Waals surface area (Å²) in [6.07, 6.45) is 3.14. The molecule has 1 fully saturated rings. The molecule has 6 nitrogen and oxygen atoms in total. The van der Waals surface area contributed by atoms with Gasteiger partial charge >= 0.3 is 6.09 Å². The number of rotatable bonds is 4. The molecule has 0 radical (unpaired) electrons. The first-order valence-corrected chi connectivity index (χ1v) is 11.6. The maximum absolute atomic E-state index is 12.5. The molecule has 1 N–H and O–H groups in total. The molecule has 1 aliphatic rings. The molecule has 33 heavy (non-hydrogen) atoms. The number of carbonyl (C=O) groups excluding carboxylic acids is 1. The minimum atomic E-state index is -0.514. The summed E-state index contributed by atoms with van der Waals surface area (Å²) in [5.41, 5.74) is 3.31. The standard InChI is InChI=1S/C26H29ClN4O2/c1-26(2,3)33-25(32)31-14-8-13-21(17-31)29-24-28-16-22(27)23(30-24)20-12-7-11-19(15-20)18-9-5-4-6-10-18/h4-7,9-12,15-16,21H,8,13-14,17H2,1-3H3,(H,28,29,30). The average Bonchev–Trinajstić information content (AvgIpc) is 2.80. The molecule has 1 saturated heterocycles. The van der Waals surface area contributed by atoms with Gasteiger partial charge in [0.05, 0.1) is 16.9 Å². The molecular formula is C26H29ClN4O2. The number of aromatic nitrogens is 2. The van der Waals surface area contributed by atoms with Gasteiger partial charge in [-0.25, -0.2) is 14.8 Å². The predicted molar refractivity (Wildman–Crippen MR) is 132 cm³/mol. The Morgan fingerprint density at radius 1 is 1.09 bits per heavy atom. The van der Waals surface area contributed by atoms with E-state index in [2.05, 4.69) is 34.6 Å². The highest BCUT2D eigenvalue weighted by atomic mass is 35.5. The van der Waals surface area contributed by atoms with E-state index >= 15 is 0 Å². The SMILES string of the molecule is CC(C)(C)OC(=O)N1CCCC(Nc2ncc(Cl)c(-c3cccc(-c4ccccc4)c3)n2)C1. The first kappa shape index (κ1) is 23.1. The van der Waals surface area contributed by atoms with Gasteiger partial charge in [-0.05, 0) is 50.8 Å². The fraction of sp³-hybridized carbons (Fsp3) is 0.346. The number of piperidine rings is 1. The molecule has 1 aromatic heterocycles. The molecule has 2 aromatic carbocycles. The van der Waals surface area contributed by atoms with Gasteiger partial charge in [0.25, 0.3) is 0 Å². The van der Waals surface area contributed by atoms with E-state index in [4.69, 9.17) is 21.3 Å². The summed E-state index contributed by atoms with van der Waals surface area (Å²) in [4.78, 5) is 23.3. The van der Waals surface area contributed by atoms with Gasteiger partial charge in [-0.3, -0.25) is 0 Å². The summed E-state index contributed by atoms with van der Waals surface area (Å²) < 4.78 is 5.53. The fourth-order valence-electron chi connectivity index (χ4n) is 3.89. The van der Waals surface area contributed by atoms with Gasteiger partial charge in [0.2, 0.25) is 5.95 Å². The van der Waals surface area contributed by atoms with E-state index in [0.717, 1.165) is 29.5 Å². The van der Waals surface area contributed by atoms with Crippen molar-refractivity contribution in [2.45, 2.75) is 45.3 Å². The van der Waals surface area contributed by atoms with Crippen LogP contribution in [-0.4, -0.2) is 45.7 Å². The normalized spacial score (nSPS) is 16.4. The molecule has 7 heteroatoms. The Labute approximate surface area is 200 Å². The number of nitrogens with zero attached hydrogens (tertiary/aromatic N) is 3. The summed E-state index contributed by atoms with van der Waals surface area (Å²) in [6.45, 7) is 6.85. The Hall–Kier alpha value is -3.12. The Kier molecular flexibility index (Phi) is 6.84. The van der Waals surface area contributed by atoms with Crippen LogP contribution in [0.3, 0.4) is 0 Å². The van der Waals surface area contributed by atoms with Crippen molar-refractivity contribution in [3.05, 3.63) is 65.8 Å². The smallest absolute Gasteiger partial charge is 0.410 e. The zero-order valence-corrected chi connectivity index (χ0v) is 20.0. The van der Waals surface area contributed by atoms with Crippen LogP contribution in [0, 0.1) is 0 Å². The summed E-state index contributed by atoms with van der Waals surface area (Å²) in [5, 5.41) is 3.87. The van der Waals surface area contributed by atoms with Gasteiger partial charge in [-0.2, -0.15) is 0 Å². The summed E-state index contributed by atoms with van der Waals surface area (Å²) in [5.74, 6) is 0.496. The van der Waals surface area contributed by atoms with Crippen molar-refractivity contribution in [3.63, 3.8) is 0 Å². The number of hydrogen-bond acceptors (Lipinski definition) is 5. The zero-order chi connectivity index (χ0) is 23.4. The van der Waals surface area contributed by atoms with Crippen molar-refractivity contribution in [2.24, 2.45) is 0 Å². The first-order valence-electron chi connectivity index (χ1n) is 11.2. The van der Waals surface area contributed by atoms with Crippen LogP contribution in [0.2, 0.25) is 5.02 Å². The number of hydrogen-bond donors (Lipinski definition) is 1. The quantitative estimate of drug-likeness (QED) is 0.492. The fourth-order valence-corrected chi connectivity index (χ4v) is 4.09. The number of carbonyl (C=O) groups is 1. The molecule has 3 aromatic rings. The molecule has 1 unspecified atom stereocenters. The van der Waals surface area contributed by atoms with E-state index in [1.165, 1.54) is 0 Å². The number of amides is 1. The van der Waals surface area contributed by atoms with Crippen molar-refractivity contribution < 1.29 is 9.53 Å². The van der Waals surface area contributed by atoms with E-state index in [0.29, 0.717) is 29.8 Å². The summed E-state index contributed by atoms with van der Waals surface area (Å²) in [6, 6.07) is 18.4. The molecule has 0 bridgehead atoms. The number of likely N-dealkylation sites (tertiary alicyclic amines) is 1. The third kappa shape index (κ3) is 6.02. The van der Waals surface area contributed by atoms with Gasteiger partial charge in [0, 0.05) is 24.7 Å². The van der Waals surface area contributed by atoms with Crippen LogP contribution in [0.5, 0.6) is 0 Å². The van der Waals surface area contributed by atoms with Crippen LogP contribution in [0.1, 0.15) is 33.6 Å². The van der Waals surface area contributed by atoms with Gasteiger partial charge in [0.15, 0.2) is 0 Å². The van der Waals surface area contributed by atoms with Crippen LogP contribution in [0.4, 0.5) is 10.7 Å². The molecule has 0 aliphatic carbocycles. The van der Waals surface area contributed by atoms with Gasteiger partial charge in [-0.15, -0.1) is 0 Å². The first-order chi connectivity index (χ1) is 15.8. The van der Waals surface area contributed by atoms with Gasteiger partial charge < -0.3 is 15.0 Å². The lowest BCUT2D eigenvalue weighted by atomic mass is 10.0. The monoisotopic (exact) mass is 464 g/mol. The van der Waals surface area contributed by atoms with Crippen molar-refractivity contribution >= 4 is 23.6 Å². The van der Waals surface area contributed by atoms with Crippen LogP contribution in [-0.2, 0) is 4.74 Å². The van der Waals surface area contributed by atoms with E-state index in [-0.39, 0.29) is 12.1 Å². The molecule has 1 atom stereocenters. The molecule has 1 aliphatic heterocycles. The average molecular weight is 465 g/mol. The van der Waals surface area contributed by atoms with Crippen molar-refractivity contribution in [3.8, 4) is 22.4 Å². The number of anilines is 1. The highest BCUT2D eigenvalue weighted by Crippen LogP contribution is 2.30. The number of ether oxygens (including phenoxy) is 1. The lowest BCUT2D eigenvalue weighted by molar-refractivity contribution is 0.0206. The zero-order valence-electron chi connectivity index (χ0n) is 19.2. The van der Waals surface area contributed by atoms with Crippen LogP contribution in [0.15, 0.2) is 60.8 Å². The minimum absolute atomic E-state index is 0.0379. The molecular weight excluding hydrogens is 436 g/mol. The Bertz CT molecular complexity index is 1110. The van der Waals surface area contributed by atoms with Crippen molar-refractivity contribution in [1.82, 2.24) is 14.9 Å². The second-order valence-corrected chi connectivity index (χ2v) is 9.65. The van der Waals surface area contributed by atoms with Gasteiger partial charge in [0.1, 0.15) is 5.60 Å². The minimum Gasteiger partial charge on any atom is -0.444 e. The van der Waals surface area contributed by atoms with Gasteiger partial charge in [-0.1, -0.05) is 60.1 Å². The highest BCUT2D eigenvalue weighted by Gasteiger charge is 2.28. The molecule has 0 spiro atoms. The maximum atomic E-state index is 12.5. The Balaban J connectivity index is 1.51. The molecule has 0 saturated carbocycles. The van der Waals surface area contributed by atoms with Crippen LogP contribution >= 0.6 is 11.6 Å². The third-order valence-corrected chi connectivity index (χ3v) is 5.67. The van der Waals surface area contributed by atoms with E-state index in [9.17, 15) is 4.79 Å². The summed E-state index contributed by atoms with van der Waals surface area (Å²) in [7, 11) is 0. The number of nitrogens with one attached hydrogen (secondary N) is 1. The second-order valence-electron chi connectivity index (χ2n) is 9.25. The molecule has 1 amide bonds. The van der Waals surface area contributed by atoms with E-state index < -0.39 is 5.60 Å². The number of benzene rings is 2. The largest absolute Gasteiger partial charge is 0.444 e. The third-order valence-electron chi connectivity index (χ3n) is 5.39. The van der Waals surface area contributed by atoms with E-state index in [1.807, 2.05) is 51.1 Å². The molecule has 2 heterocycles. The molecule has 172 valence electrons. The van der Waals surface area contributed by atoms with Crippen molar-refractivity contribution in [1.29, 1.82) is 0 Å². The molecule has 4 rings (SSSR count). The van der Waals surface area contributed by atoms with Crippen molar-refractivity contribution in [2.75, 3.05) is 18.4 Å². The van der Waals surface area contributed by atoms with Crippen LogP contribution < -0.4 is 5.32 Å².